The lowest BCUT2D eigenvalue weighted by Crippen LogP contribution is -2.17. The third kappa shape index (κ3) is 24.1. The van der Waals surface area contributed by atoms with Crippen LogP contribution >= 0.6 is 0 Å². The van der Waals surface area contributed by atoms with Crippen LogP contribution in [0.2, 0.25) is 0 Å². The number of carbonyl (C=O) groups excluding carboxylic acids is 2. The molecule has 0 unspecified atom stereocenters. The van der Waals surface area contributed by atoms with Crippen LogP contribution in [-0.2, 0) is 19.1 Å². The number of hydrogen-bond acceptors (Lipinski definition) is 4. The van der Waals surface area contributed by atoms with Crippen molar-refractivity contribution in [3.63, 3.8) is 0 Å². The molecule has 0 saturated carbocycles. The fourth-order valence-electron chi connectivity index (χ4n) is 4.42. The van der Waals surface area contributed by atoms with Crippen LogP contribution < -0.4 is 0 Å². The molecule has 0 spiro atoms. The molecule has 0 radical (unpaired) electrons. The first-order valence-corrected chi connectivity index (χ1v) is 15.0. The monoisotopic (exact) mass is 482 g/mol. The summed E-state index contributed by atoms with van der Waals surface area (Å²) in [6.07, 6.45) is 26.2. The van der Waals surface area contributed by atoms with Gasteiger partial charge in [0.15, 0.2) is 0 Å². The highest BCUT2D eigenvalue weighted by Crippen LogP contribution is 2.14. The molecule has 0 rings (SSSR count). The van der Waals surface area contributed by atoms with Gasteiger partial charge >= 0.3 is 11.9 Å². The Morgan fingerprint density at radius 1 is 0.500 bits per heavy atom. The van der Waals surface area contributed by atoms with Crippen LogP contribution in [0.15, 0.2) is 0 Å². The van der Waals surface area contributed by atoms with Gasteiger partial charge in [-0.3, -0.25) is 9.59 Å². The lowest BCUT2D eigenvalue weighted by molar-refractivity contribution is -0.150. The standard InChI is InChI=1S/C30H58O4/c1-4-7-8-9-10-11-12-13-14-15-16-17-18-19-22-27-33-29(31)25-20-21-26-30(32)34-28(23-5-2)24-6-3/h28H,4-27H2,1-3H3. The minimum atomic E-state index is -0.131. The molecule has 4 heteroatoms. The van der Waals surface area contributed by atoms with Gasteiger partial charge in [-0.25, -0.2) is 0 Å². The summed E-state index contributed by atoms with van der Waals surface area (Å²) < 4.78 is 10.9. The van der Waals surface area contributed by atoms with E-state index in [-0.39, 0.29) is 18.0 Å². The van der Waals surface area contributed by atoms with Crippen LogP contribution in [0.3, 0.4) is 0 Å². The molecule has 0 heterocycles. The highest BCUT2D eigenvalue weighted by atomic mass is 16.5. The van der Waals surface area contributed by atoms with Gasteiger partial charge in [-0.05, 0) is 32.1 Å². The number of ether oxygens (including phenoxy) is 2. The van der Waals surface area contributed by atoms with E-state index < -0.39 is 0 Å². The molecular formula is C30H58O4. The Labute approximate surface area is 212 Å². The van der Waals surface area contributed by atoms with Gasteiger partial charge in [0.25, 0.3) is 0 Å². The first kappa shape index (κ1) is 32.9. The number of carbonyl (C=O) groups is 2. The highest BCUT2D eigenvalue weighted by Gasteiger charge is 2.13. The lowest BCUT2D eigenvalue weighted by atomic mass is 10.0. The van der Waals surface area contributed by atoms with Crippen LogP contribution in [0.4, 0.5) is 0 Å². The largest absolute Gasteiger partial charge is 0.466 e. The highest BCUT2D eigenvalue weighted by molar-refractivity contribution is 5.70. The Morgan fingerprint density at radius 2 is 0.912 bits per heavy atom. The SMILES string of the molecule is CCCCCCCCCCCCCCCCCOC(=O)CCCCC(=O)OC(CCC)CCC. The zero-order valence-electron chi connectivity index (χ0n) is 23.2. The smallest absolute Gasteiger partial charge is 0.306 e. The molecule has 34 heavy (non-hydrogen) atoms. The van der Waals surface area contributed by atoms with Crippen LogP contribution in [0.1, 0.15) is 168 Å². The van der Waals surface area contributed by atoms with E-state index in [0.717, 1.165) is 38.5 Å². The Kier molecular flexibility index (Phi) is 25.7. The maximum Gasteiger partial charge on any atom is 0.306 e. The first-order valence-electron chi connectivity index (χ1n) is 15.0. The van der Waals surface area contributed by atoms with Gasteiger partial charge < -0.3 is 9.47 Å². The molecule has 0 N–H and O–H groups in total. The van der Waals surface area contributed by atoms with E-state index in [2.05, 4.69) is 20.8 Å². The fourth-order valence-corrected chi connectivity index (χ4v) is 4.42. The Morgan fingerprint density at radius 3 is 1.35 bits per heavy atom. The third-order valence-corrected chi connectivity index (χ3v) is 6.54. The average Bonchev–Trinajstić information content (AvgIpc) is 2.82. The van der Waals surface area contributed by atoms with Gasteiger partial charge in [-0.2, -0.15) is 0 Å². The fraction of sp³-hybridized carbons (Fsp3) is 0.933. The number of hydrogen-bond donors (Lipinski definition) is 0. The van der Waals surface area contributed by atoms with Crippen LogP contribution in [0.25, 0.3) is 0 Å². The Bertz CT molecular complexity index is 443. The topological polar surface area (TPSA) is 52.6 Å². The van der Waals surface area contributed by atoms with E-state index in [9.17, 15) is 9.59 Å². The summed E-state index contributed by atoms with van der Waals surface area (Å²) in [4.78, 5) is 23.8. The predicted molar refractivity (Wildman–Crippen MR) is 144 cm³/mol. The van der Waals surface area contributed by atoms with Crippen molar-refractivity contribution in [1.29, 1.82) is 0 Å². The van der Waals surface area contributed by atoms with Crippen molar-refractivity contribution in [1.82, 2.24) is 0 Å². The average molecular weight is 483 g/mol. The van der Waals surface area contributed by atoms with Gasteiger partial charge in [0.1, 0.15) is 6.10 Å². The second kappa shape index (κ2) is 26.5. The van der Waals surface area contributed by atoms with E-state index in [4.69, 9.17) is 9.47 Å². The van der Waals surface area contributed by atoms with E-state index >= 15 is 0 Å². The molecule has 0 amide bonds. The molecular weight excluding hydrogens is 424 g/mol. The summed E-state index contributed by atoms with van der Waals surface area (Å²) in [5.74, 6) is -0.258. The van der Waals surface area contributed by atoms with Crippen molar-refractivity contribution >= 4 is 11.9 Å². The van der Waals surface area contributed by atoms with Gasteiger partial charge in [-0.1, -0.05) is 124 Å². The molecule has 0 bridgehead atoms. The summed E-state index contributed by atoms with van der Waals surface area (Å²) in [5, 5.41) is 0. The van der Waals surface area contributed by atoms with E-state index in [1.54, 1.807) is 0 Å². The van der Waals surface area contributed by atoms with Crippen LogP contribution in [-0.4, -0.2) is 24.6 Å². The molecule has 0 aliphatic rings. The van der Waals surface area contributed by atoms with Crippen molar-refractivity contribution < 1.29 is 19.1 Å². The van der Waals surface area contributed by atoms with Gasteiger partial charge in [0.2, 0.25) is 0 Å². The van der Waals surface area contributed by atoms with Crippen molar-refractivity contribution in [3.05, 3.63) is 0 Å². The molecule has 0 aliphatic heterocycles. The van der Waals surface area contributed by atoms with Crippen LogP contribution in [0.5, 0.6) is 0 Å². The van der Waals surface area contributed by atoms with Gasteiger partial charge in [0.05, 0.1) is 6.61 Å². The van der Waals surface area contributed by atoms with Gasteiger partial charge in [0, 0.05) is 12.8 Å². The van der Waals surface area contributed by atoms with Crippen molar-refractivity contribution in [2.45, 2.75) is 175 Å². The molecule has 0 aromatic carbocycles. The predicted octanol–water partition coefficient (Wildman–Crippen LogP) is 9.47. The second-order valence-corrected chi connectivity index (χ2v) is 10.1. The minimum Gasteiger partial charge on any atom is -0.466 e. The molecule has 0 aromatic heterocycles. The third-order valence-electron chi connectivity index (χ3n) is 6.54. The zero-order valence-corrected chi connectivity index (χ0v) is 23.2. The van der Waals surface area contributed by atoms with Crippen molar-refractivity contribution in [2.75, 3.05) is 6.61 Å². The van der Waals surface area contributed by atoms with Crippen LogP contribution in [0, 0.1) is 0 Å². The minimum absolute atomic E-state index is 0.0577. The summed E-state index contributed by atoms with van der Waals surface area (Å²) in [5.41, 5.74) is 0. The summed E-state index contributed by atoms with van der Waals surface area (Å²) in [6.45, 7) is 7.04. The second-order valence-electron chi connectivity index (χ2n) is 10.1. The van der Waals surface area contributed by atoms with Gasteiger partial charge in [-0.15, -0.1) is 0 Å². The molecule has 0 fully saturated rings. The number of rotatable bonds is 26. The quantitative estimate of drug-likeness (QED) is 0.0909. The Balaban J connectivity index is 3.37. The molecule has 0 atom stereocenters. The molecule has 0 aromatic rings. The maximum absolute atomic E-state index is 11.9. The molecule has 0 aliphatic carbocycles. The molecule has 202 valence electrons. The van der Waals surface area contributed by atoms with E-state index in [1.807, 2.05) is 0 Å². The maximum atomic E-state index is 11.9. The van der Waals surface area contributed by atoms with Crippen molar-refractivity contribution in [2.24, 2.45) is 0 Å². The zero-order chi connectivity index (χ0) is 25.1. The number of unbranched alkanes of at least 4 members (excludes halogenated alkanes) is 15. The van der Waals surface area contributed by atoms with E-state index in [1.165, 1.54) is 83.5 Å². The summed E-state index contributed by atoms with van der Waals surface area (Å²) >= 11 is 0. The van der Waals surface area contributed by atoms with Crippen molar-refractivity contribution in [3.8, 4) is 0 Å². The molecule has 0 saturated heterocycles. The first-order chi connectivity index (χ1) is 16.6. The molecule has 4 nitrogen and oxygen atoms in total. The lowest BCUT2D eigenvalue weighted by Gasteiger charge is -2.16. The van der Waals surface area contributed by atoms with E-state index in [0.29, 0.717) is 32.3 Å². The Hall–Kier alpha value is -1.06. The summed E-state index contributed by atoms with van der Waals surface area (Å²) in [6, 6.07) is 0. The number of esters is 2. The summed E-state index contributed by atoms with van der Waals surface area (Å²) in [7, 11) is 0. The normalized spacial score (nSPS) is 11.2.